The van der Waals surface area contributed by atoms with Crippen LogP contribution < -0.4 is 9.64 Å². The van der Waals surface area contributed by atoms with Crippen molar-refractivity contribution in [2.24, 2.45) is 5.92 Å². The maximum Gasteiger partial charge on any atom is 0.311 e. The van der Waals surface area contributed by atoms with E-state index in [0.717, 1.165) is 21.3 Å². The summed E-state index contributed by atoms with van der Waals surface area (Å²) in [6.45, 7) is 6.13. The first kappa shape index (κ1) is 25.6. The fourth-order valence-electron chi connectivity index (χ4n) is 4.12. The lowest BCUT2D eigenvalue weighted by Crippen LogP contribution is -2.27. The highest BCUT2D eigenvalue weighted by Crippen LogP contribution is 2.33. The number of Topliss-reactive ketones (excluding diaryl/α,β-unsaturated/α-hetero) is 1. The van der Waals surface area contributed by atoms with Crippen molar-refractivity contribution in [2.75, 3.05) is 18.1 Å². The lowest BCUT2D eigenvalue weighted by molar-refractivity contribution is -0.147. The van der Waals surface area contributed by atoms with Crippen LogP contribution in [0, 0.1) is 12.8 Å². The molecule has 3 aromatic carbocycles. The molecule has 186 valence electrons. The Balaban J connectivity index is 1.36. The molecule has 7 heteroatoms. The van der Waals surface area contributed by atoms with E-state index in [1.54, 1.807) is 29.2 Å². The van der Waals surface area contributed by atoms with Crippen LogP contribution in [0.25, 0.3) is 0 Å². The normalized spacial score (nSPS) is 15.3. The van der Waals surface area contributed by atoms with Gasteiger partial charge in [-0.1, -0.05) is 54.0 Å². The number of halogens is 1. The number of hydrogen-bond acceptors (Lipinski definition) is 5. The third kappa shape index (κ3) is 6.02. The molecule has 0 aliphatic carbocycles. The van der Waals surface area contributed by atoms with Gasteiger partial charge in [-0.05, 0) is 66.4 Å². The van der Waals surface area contributed by atoms with Crippen LogP contribution in [0.2, 0.25) is 0 Å². The van der Waals surface area contributed by atoms with Gasteiger partial charge in [-0.2, -0.15) is 0 Å². The summed E-state index contributed by atoms with van der Waals surface area (Å²) in [4.78, 5) is 39.0. The Hall–Kier alpha value is -3.45. The van der Waals surface area contributed by atoms with E-state index in [-0.39, 0.29) is 31.3 Å². The van der Waals surface area contributed by atoms with E-state index in [1.165, 1.54) is 0 Å². The number of hydrogen-bond donors (Lipinski definition) is 0. The second-order valence-corrected chi connectivity index (χ2v) is 10.2. The largest absolute Gasteiger partial charge is 0.457 e. The molecule has 1 saturated heterocycles. The Morgan fingerprint density at radius 1 is 1.03 bits per heavy atom. The van der Waals surface area contributed by atoms with E-state index >= 15 is 0 Å². The highest BCUT2D eigenvalue weighted by atomic mass is 79.9. The van der Waals surface area contributed by atoms with E-state index in [4.69, 9.17) is 9.47 Å². The molecule has 1 aliphatic rings. The summed E-state index contributed by atoms with van der Waals surface area (Å²) in [6.07, 6.45) is 0.0462. The van der Waals surface area contributed by atoms with Gasteiger partial charge in [0, 0.05) is 28.7 Å². The predicted octanol–water partition coefficient (Wildman–Crippen LogP) is 6.45. The number of benzene rings is 3. The molecule has 1 heterocycles. The molecule has 36 heavy (non-hydrogen) atoms. The zero-order chi connectivity index (χ0) is 25.8. The summed E-state index contributed by atoms with van der Waals surface area (Å²) in [6, 6.07) is 20.3. The first-order chi connectivity index (χ1) is 17.2. The number of carbonyl (C=O) groups is 3. The van der Waals surface area contributed by atoms with Gasteiger partial charge in [0.1, 0.15) is 11.5 Å². The van der Waals surface area contributed by atoms with Crippen LogP contribution >= 0.6 is 15.9 Å². The van der Waals surface area contributed by atoms with Crippen molar-refractivity contribution in [1.29, 1.82) is 0 Å². The minimum atomic E-state index is -0.618. The van der Waals surface area contributed by atoms with Crippen molar-refractivity contribution in [1.82, 2.24) is 0 Å². The molecule has 1 amide bonds. The summed E-state index contributed by atoms with van der Waals surface area (Å²) >= 11 is 3.32. The number of nitrogens with zero attached hydrogens (tertiary/aromatic N) is 1. The molecule has 0 spiro atoms. The molecular formula is C29H28BrNO5. The second-order valence-electron chi connectivity index (χ2n) is 9.24. The smallest absolute Gasteiger partial charge is 0.311 e. The average molecular weight is 550 g/mol. The van der Waals surface area contributed by atoms with Crippen LogP contribution in [0.15, 0.2) is 71.2 Å². The van der Waals surface area contributed by atoms with Gasteiger partial charge in [0.05, 0.1) is 5.92 Å². The minimum Gasteiger partial charge on any atom is -0.457 e. The molecule has 0 unspecified atom stereocenters. The van der Waals surface area contributed by atoms with Crippen molar-refractivity contribution in [3.63, 3.8) is 0 Å². The first-order valence-electron chi connectivity index (χ1n) is 11.9. The van der Waals surface area contributed by atoms with E-state index in [2.05, 4.69) is 41.9 Å². The van der Waals surface area contributed by atoms with Gasteiger partial charge < -0.3 is 14.4 Å². The van der Waals surface area contributed by atoms with E-state index < -0.39 is 11.9 Å². The summed E-state index contributed by atoms with van der Waals surface area (Å²) in [5.74, 6) is 0.191. The number of carbonyl (C=O) groups excluding carboxylic acids is 3. The molecule has 1 aliphatic heterocycles. The Labute approximate surface area is 219 Å². The van der Waals surface area contributed by atoms with E-state index in [0.29, 0.717) is 22.9 Å². The molecule has 0 N–H and O–H groups in total. The lowest BCUT2D eigenvalue weighted by Gasteiger charge is -2.18. The maximum atomic E-state index is 12.6. The zero-order valence-electron chi connectivity index (χ0n) is 20.5. The topological polar surface area (TPSA) is 72.9 Å². The zero-order valence-corrected chi connectivity index (χ0v) is 22.1. The fraction of sp³-hybridized carbons (Fsp3) is 0.276. The number of aryl methyl sites for hydroxylation is 1. The standard InChI is InChI=1S/C29H28BrNO5/c1-18(2)25-13-4-19(3)14-27(25)36-24-11-9-23(10-12-24)31-16-21(15-28(31)33)29(34)35-17-26(32)20-5-7-22(30)8-6-20/h4-14,18,21H,15-17H2,1-3H3/t21-/m1/s1. The molecule has 6 nitrogen and oxygen atoms in total. The van der Waals surface area contributed by atoms with E-state index in [1.807, 2.05) is 37.3 Å². The van der Waals surface area contributed by atoms with Crippen molar-refractivity contribution >= 4 is 39.3 Å². The van der Waals surface area contributed by atoms with Crippen LogP contribution in [0.4, 0.5) is 5.69 Å². The van der Waals surface area contributed by atoms with Crippen LogP contribution in [-0.4, -0.2) is 30.8 Å². The number of rotatable bonds is 8. The van der Waals surface area contributed by atoms with Gasteiger partial charge in [-0.15, -0.1) is 0 Å². The summed E-state index contributed by atoms with van der Waals surface area (Å²) < 4.78 is 12.2. The van der Waals surface area contributed by atoms with Gasteiger partial charge in [-0.3, -0.25) is 14.4 Å². The van der Waals surface area contributed by atoms with Gasteiger partial charge in [-0.25, -0.2) is 0 Å². The molecule has 1 atom stereocenters. The van der Waals surface area contributed by atoms with Gasteiger partial charge in [0.2, 0.25) is 5.91 Å². The van der Waals surface area contributed by atoms with Crippen LogP contribution in [0.3, 0.4) is 0 Å². The number of ether oxygens (including phenoxy) is 2. The quantitative estimate of drug-likeness (QED) is 0.238. The predicted molar refractivity (Wildman–Crippen MR) is 142 cm³/mol. The molecule has 0 bridgehead atoms. The monoisotopic (exact) mass is 549 g/mol. The number of esters is 1. The molecule has 0 saturated carbocycles. The Morgan fingerprint density at radius 2 is 1.72 bits per heavy atom. The van der Waals surface area contributed by atoms with Crippen LogP contribution in [0.5, 0.6) is 11.5 Å². The highest BCUT2D eigenvalue weighted by molar-refractivity contribution is 9.10. The van der Waals surface area contributed by atoms with Gasteiger partial charge in [0.15, 0.2) is 12.4 Å². The summed E-state index contributed by atoms with van der Waals surface area (Å²) in [7, 11) is 0. The summed E-state index contributed by atoms with van der Waals surface area (Å²) in [5.41, 5.74) is 3.38. The Bertz CT molecular complexity index is 1270. The maximum absolute atomic E-state index is 12.6. The average Bonchev–Trinajstić information content (AvgIpc) is 3.24. The molecule has 0 radical (unpaired) electrons. The van der Waals surface area contributed by atoms with Crippen molar-refractivity contribution < 1.29 is 23.9 Å². The number of amides is 1. The molecule has 4 rings (SSSR count). The van der Waals surface area contributed by atoms with Gasteiger partial charge in [0.25, 0.3) is 0 Å². The lowest BCUT2D eigenvalue weighted by atomic mass is 10.0. The van der Waals surface area contributed by atoms with Crippen LogP contribution in [0.1, 0.15) is 47.7 Å². The van der Waals surface area contributed by atoms with Crippen molar-refractivity contribution in [3.8, 4) is 11.5 Å². The highest BCUT2D eigenvalue weighted by Gasteiger charge is 2.36. The third-order valence-electron chi connectivity index (χ3n) is 6.14. The molecule has 0 aromatic heterocycles. The van der Waals surface area contributed by atoms with Crippen molar-refractivity contribution in [3.05, 3.63) is 87.9 Å². The number of ketones is 1. The van der Waals surface area contributed by atoms with Gasteiger partial charge >= 0.3 is 5.97 Å². The Morgan fingerprint density at radius 3 is 2.39 bits per heavy atom. The number of anilines is 1. The first-order valence-corrected chi connectivity index (χ1v) is 12.6. The van der Waals surface area contributed by atoms with Crippen molar-refractivity contribution in [2.45, 2.75) is 33.1 Å². The molecule has 1 fully saturated rings. The minimum absolute atomic E-state index is 0.0462. The van der Waals surface area contributed by atoms with E-state index in [9.17, 15) is 14.4 Å². The summed E-state index contributed by atoms with van der Waals surface area (Å²) in [5, 5.41) is 0. The molecule has 3 aromatic rings. The SMILES string of the molecule is Cc1ccc(C(C)C)c(Oc2ccc(N3C[C@H](C(=O)OCC(=O)c4ccc(Br)cc4)CC3=O)cc2)c1. The molecular weight excluding hydrogens is 522 g/mol. The third-order valence-corrected chi connectivity index (χ3v) is 6.67. The Kier molecular flexibility index (Phi) is 7.89. The van der Waals surface area contributed by atoms with Crippen LogP contribution in [-0.2, 0) is 14.3 Å². The second kappa shape index (κ2) is 11.1. The fourth-order valence-corrected chi connectivity index (χ4v) is 4.38.